The minimum absolute atomic E-state index is 0.0592. The number of ether oxygens (including phenoxy) is 1. The highest BCUT2D eigenvalue weighted by Gasteiger charge is 2.22. The maximum Gasteiger partial charge on any atom is 0.336 e. The number of hydrogen-bond acceptors (Lipinski definition) is 5. The van der Waals surface area contributed by atoms with E-state index in [1.165, 1.54) is 13.3 Å². The van der Waals surface area contributed by atoms with Gasteiger partial charge in [0.2, 0.25) is 5.88 Å². The van der Waals surface area contributed by atoms with Crippen LogP contribution < -0.4 is 13.7 Å². The smallest absolute Gasteiger partial charge is 0.336 e. The molecule has 1 aromatic carbocycles. The van der Waals surface area contributed by atoms with Gasteiger partial charge in [-0.05, 0) is 17.7 Å². The quantitative estimate of drug-likeness (QED) is 0.375. The molecule has 8 nitrogen and oxygen atoms in total. The monoisotopic (exact) mass is 487 g/mol. The van der Waals surface area contributed by atoms with Crippen LogP contribution in [0.1, 0.15) is 6.55 Å². The Morgan fingerprint density at radius 3 is 2.84 bits per heavy atom. The molecule has 4 rings (SSSR count). The summed E-state index contributed by atoms with van der Waals surface area (Å²) in [6.07, 6.45) is 4.16. The molecule has 0 radical (unpaired) electrons. The van der Waals surface area contributed by atoms with E-state index in [0.29, 0.717) is 32.3 Å². The number of rotatable bonds is 7. The fraction of sp³-hybridized carbons (Fsp3) is 0.111. The first-order chi connectivity index (χ1) is 14.9. The van der Waals surface area contributed by atoms with Crippen molar-refractivity contribution in [2.24, 2.45) is 0 Å². The average molecular weight is 488 g/mol. The van der Waals surface area contributed by atoms with Gasteiger partial charge < -0.3 is 14.0 Å². The van der Waals surface area contributed by atoms with Crippen LogP contribution in [-0.2, 0) is 11.0 Å². The van der Waals surface area contributed by atoms with Gasteiger partial charge in [-0.2, -0.15) is 18.6 Å². The molecule has 0 bridgehead atoms. The lowest BCUT2D eigenvalue weighted by molar-refractivity contribution is 0.0515. The van der Waals surface area contributed by atoms with Crippen LogP contribution in [0.5, 0.6) is 11.8 Å². The zero-order valence-corrected chi connectivity index (χ0v) is 17.9. The molecule has 1 atom stereocenters. The molecular formula is C18H13Cl2F2N5O3S. The Hall–Kier alpha value is -2.89. The van der Waals surface area contributed by atoms with Gasteiger partial charge >= 0.3 is 6.55 Å². The molecule has 3 aromatic heterocycles. The van der Waals surface area contributed by atoms with Gasteiger partial charge in [0.05, 0.1) is 28.7 Å². The second-order valence-corrected chi connectivity index (χ2v) is 7.86. The summed E-state index contributed by atoms with van der Waals surface area (Å²) in [4.78, 5) is 7.52. The van der Waals surface area contributed by atoms with E-state index in [-0.39, 0.29) is 10.4 Å². The van der Waals surface area contributed by atoms with Gasteiger partial charge in [-0.3, -0.25) is 4.72 Å². The average Bonchev–Trinajstić information content (AvgIpc) is 3.37. The molecule has 162 valence electrons. The summed E-state index contributed by atoms with van der Waals surface area (Å²) in [7, 11) is -0.360. The molecule has 31 heavy (non-hydrogen) atoms. The summed E-state index contributed by atoms with van der Waals surface area (Å²) in [6, 6.07) is 6.86. The van der Waals surface area contributed by atoms with E-state index < -0.39 is 23.4 Å². The number of pyridine rings is 1. The van der Waals surface area contributed by atoms with Gasteiger partial charge in [0.25, 0.3) is 5.88 Å². The van der Waals surface area contributed by atoms with Crippen LogP contribution in [-0.4, -0.2) is 31.1 Å². The number of fused-ring (bicyclic) bond motifs is 1. The third-order valence-electron chi connectivity index (χ3n) is 4.41. The second kappa shape index (κ2) is 8.69. The zero-order valence-electron chi connectivity index (χ0n) is 15.6. The highest BCUT2D eigenvalue weighted by atomic mass is 35.5. The van der Waals surface area contributed by atoms with Crippen molar-refractivity contribution in [3.8, 4) is 22.9 Å². The molecule has 1 unspecified atom stereocenters. The summed E-state index contributed by atoms with van der Waals surface area (Å²) >= 11 is 11.7. The number of nitrogens with one attached hydrogen (secondary N) is 2. The maximum absolute atomic E-state index is 13.0. The molecule has 0 saturated carbocycles. The van der Waals surface area contributed by atoms with Crippen LogP contribution in [0.4, 0.5) is 14.5 Å². The molecule has 0 aliphatic heterocycles. The Balaban J connectivity index is 1.74. The fourth-order valence-electron chi connectivity index (χ4n) is 3.05. The lowest BCUT2D eigenvalue weighted by atomic mass is 10.0. The van der Waals surface area contributed by atoms with E-state index in [2.05, 4.69) is 24.1 Å². The van der Waals surface area contributed by atoms with Crippen molar-refractivity contribution in [3.63, 3.8) is 0 Å². The van der Waals surface area contributed by atoms with Crippen LogP contribution in [0.2, 0.25) is 5.02 Å². The first kappa shape index (κ1) is 21.3. The molecule has 0 aliphatic carbocycles. The van der Waals surface area contributed by atoms with Crippen molar-refractivity contribution in [2.45, 2.75) is 11.4 Å². The molecule has 3 heterocycles. The number of anilines is 1. The number of benzene rings is 1. The molecule has 2 N–H and O–H groups in total. The minimum atomic E-state index is -2.98. The standard InChI is InChI=1S/C18H13Cl2F2N5O3S/c1-29-14-6-9(4-5-23-14)15-11(19)3-2-10-13(8-24-16(10)15)31(28)26-12-7-25-27(18(21)22)17(12)30-20/h2-8,18,24,26H,1H3. The first-order valence-corrected chi connectivity index (χ1v) is 10.4. The van der Waals surface area contributed by atoms with Gasteiger partial charge in [0, 0.05) is 29.4 Å². The van der Waals surface area contributed by atoms with Crippen molar-refractivity contribution in [1.29, 1.82) is 0 Å². The number of halogens is 4. The van der Waals surface area contributed by atoms with Crippen LogP contribution in [0, 0.1) is 0 Å². The Bertz CT molecular complexity index is 1280. The molecule has 13 heteroatoms. The van der Waals surface area contributed by atoms with Crippen molar-refractivity contribution in [1.82, 2.24) is 19.7 Å². The van der Waals surface area contributed by atoms with Gasteiger partial charge in [-0.15, -0.1) is 0 Å². The van der Waals surface area contributed by atoms with Crippen LogP contribution >= 0.6 is 23.5 Å². The predicted molar refractivity (Wildman–Crippen MR) is 113 cm³/mol. The normalized spacial score (nSPS) is 12.3. The van der Waals surface area contributed by atoms with E-state index in [4.69, 9.17) is 28.2 Å². The Kier molecular flexibility index (Phi) is 5.99. The number of H-pyrrole nitrogens is 1. The van der Waals surface area contributed by atoms with E-state index in [1.807, 2.05) is 0 Å². The lowest BCUT2D eigenvalue weighted by Crippen LogP contribution is -2.06. The van der Waals surface area contributed by atoms with Gasteiger partial charge in [-0.25, -0.2) is 9.19 Å². The maximum atomic E-state index is 13.0. The molecule has 0 spiro atoms. The topological polar surface area (TPSA) is 94.1 Å². The summed E-state index contributed by atoms with van der Waals surface area (Å²) in [5.41, 5.74) is 1.98. The number of hydrogen-bond donors (Lipinski definition) is 2. The summed E-state index contributed by atoms with van der Waals surface area (Å²) in [5.74, 6) is -0.0512. The third kappa shape index (κ3) is 3.91. The SMILES string of the molecule is COc1cc(-c2c(Cl)ccc3c(S(=O)Nc4cnn(C(F)F)c4OCl)c[nH]c23)ccn1. The first-order valence-electron chi connectivity index (χ1n) is 8.57. The minimum Gasteiger partial charge on any atom is -0.481 e. The molecule has 0 aliphatic rings. The van der Waals surface area contributed by atoms with Crippen molar-refractivity contribution >= 4 is 51.0 Å². The zero-order chi connectivity index (χ0) is 22.1. The van der Waals surface area contributed by atoms with Gasteiger partial charge in [-0.1, -0.05) is 17.7 Å². The van der Waals surface area contributed by atoms with Crippen molar-refractivity contribution < 1.29 is 22.0 Å². The Morgan fingerprint density at radius 1 is 1.32 bits per heavy atom. The number of aromatic nitrogens is 4. The largest absolute Gasteiger partial charge is 0.481 e. The predicted octanol–water partition coefficient (Wildman–Crippen LogP) is 5.15. The summed E-state index contributed by atoms with van der Waals surface area (Å²) < 4.78 is 51.4. The second-order valence-electron chi connectivity index (χ2n) is 6.12. The molecule has 4 aromatic rings. The van der Waals surface area contributed by atoms with Crippen LogP contribution in [0.15, 0.2) is 47.8 Å². The Morgan fingerprint density at radius 2 is 2.13 bits per heavy atom. The molecule has 0 fully saturated rings. The van der Waals surface area contributed by atoms with E-state index in [9.17, 15) is 13.0 Å². The number of methoxy groups -OCH3 is 1. The van der Waals surface area contributed by atoms with Crippen molar-refractivity contribution in [2.75, 3.05) is 11.8 Å². The summed E-state index contributed by atoms with van der Waals surface area (Å²) in [5, 5.41) is 4.55. The van der Waals surface area contributed by atoms with Gasteiger partial charge in [0.1, 0.15) is 17.6 Å². The van der Waals surface area contributed by atoms with E-state index in [1.54, 1.807) is 30.5 Å². The van der Waals surface area contributed by atoms with Gasteiger partial charge in [0.15, 0.2) is 11.0 Å². The highest BCUT2D eigenvalue weighted by Crippen LogP contribution is 2.38. The fourth-order valence-corrected chi connectivity index (χ4v) is 4.46. The molecular weight excluding hydrogens is 475 g/mol. The number of alkyl halides is 2. The van der Waals surface area contributed by atoms with E-state index in [0.717, 1.165) is 11.8 Å². The highest BCUT2D eigenvalue weighted by molar-refractivity contribution is 7.86. The number of nitrogens with zero attached hydrogens (tertiary/aromatic N) is 3. The Labute approximate surface area is 186 Å². The van der Waals surface area contributed by atoms with E-state index >= 15 is 0 Å². The molecule has 0 amide bonds. The summed E-state index contributed by atoms with van der Waals surface area (Å²) in [6.45, 7) is -2.98. The third-order valence-corrected chi connectivity index (χ3v) is 6.01. The van der Waals surface area contributed by atoms with Crippen LogP contribution in [0.25, 0.3) is 22.0 Å². The molecule has 0 saturated heterocycles. The van der Waals surface area contributed by atoms with Crippen molar-refractivity contribution in [3.05, 3.63) is 47.9 Å². The lowest BCUT2D eigenvalue weighted by Gasteiger charge is -2.09. The van der Waals surface area contributed by atoms with Crippen LogP contribution in [0.3, 0.4) is 0 Å². The number of aromatic amines is 1.